The summed E-state index contributed by atoms with van der Waals surface area (Å²) in [5.41, 5.74) is 5.44. The molecule has 78 valence electrons. The van der Waals surface area contributed by atoms with Gasteiger partial charge in [-0.25, -0.2) is 4.79 Å². The first kappa shape index (κ1) is 10.7. The molecule has 0 spiro atoms. The van der Waals surface area contributed by atoms with Gasteiger partial charge in [0, 0.05) is 17.8 Å². The van der Waals surface area contributed by atoms with Crippen molar-refractivity contribution in [3.63, 3.8) is 0 Å². The molecule has 1 heterocycles. The van der Waals surface area contributed by atoms with Crippen LogP contribution in [0.5, 0.6) is 0 Å². The number of nitrogens with two attached hydrogens (primary N) is 1. The average molecular weight is 197 g/mol. The van der Waals surface area contributed by atoms with Crippen LogP contribution < -0.4 is 17.0 Å². The Hall–Kier alpha value is -1.36. The second kappa shape index (κ2) is 4.23. The topological polar surface area (TPSA) is 91.7 Å². The van der Waals surface area contributed by atoms with Crippen molar-refractivity contribution in [3.05, 3.63) is 32.6 Å². The summed E-state index contributed by atoms with van der Waals surface area (Å²) in [6.45, 7) is 3.99. The second-order valence-corrected chi connectivity index (χ2v) is 3.45. The average Bonchev–Trinajstić information content (AvgIpc) is 2.14. The third-order valence-corrected chi connectivity index (χ3v) is 2.40. The number of rotatable bonds is 3. The molecule has 4 N–H and O–H groups in total. The van der Waals surface area contributed by atoms with Crippen LogP contribution >= 0.6 is 0 Å². The highest BCUT2D eigenvalue weighted by Gasteiger charge is 2.14. The lowest BCUT2D eigenvalue weighted by molar-refractivity contribution is 0.446. The summed E-state index contributed by atoms with van der Waals surface area (Å²) < 4.78 is 0. The van der Waals surface area contributed by atoms with Crippen LogP contribution in [0.3, 0.4) is 0 Å². The number of hydrogen-bond acceptors (Lipinski definition) is 3. The van der Waals surface area contributed by atoms with E-state index in [1.54, 1.807) is 0 Å². The van der Waals surface area contributed by atoms with E-state index in [-0.39, 0.29) is 12.0 Å². The number of nitrogens with one attached hydrogen (secondary N) is 2. The summed E-state index contributed by atoms with van der Waals surface area (Å²) in [5.74, 6) is 0.229. The van der Waals surface area contributed by atoms with Crippen LogP contribution in [0, 0.1) is 5.92 Å². The smallest absolute Gasteiger partial charge is 0.323 e. The molecule has 0 saturated carbocycles. The number of H-pyrrole nitrogens is 2. The predicted molar refractivity (Wildman–Crippen MR) is 54.1 cm³/mol. The Labute approximate surface area is 81.4 Å². The highest BCUT2D eigenvalue weighted by molar-refractivity contribution is 5.05. The van der Waals surface area contributed by atoms with Crippen LogP contribution in [-0.2, 0) is 0 Å². The number of hydrogen-bond donors (Lipinski definition) is 3. The van der Waals surface area contributed by atoms with Gasteiger partial charge in [0.1, 0.15) is 0 Å². The summed E-state index contributed by atoms with van der Waals surface area (Å²) in [6.07, 6.45) is 0.899. The fourth-order valence-electron chi connectivity index (χ4n) is 1.23. The fourth-order valence-corrected chi connectivity index (χ4v) is 1.23. The van der Waals surface area contributed by atoms with Gasteiger partial charge in [0.25, 0.3) is 5.56 Å². The zero-order chi connectivity index (χ0) is 10.7. The first-order valence-electron chi connectivity index (χ1n) is 4.63. The number of aromatic amines is 2. The van der Waals surface area contributed by atoms with Crippen molar-refractivity contribution >= 4 is 0 Å². The standard InChI is InChI=1S/C9H15N3O2/c1-3-5(2)8(10)6-4-7(13)12-9(14)11-6/h4-5,8H,3,10H2,1-2H3,(H2,11,12,13,14)/t5-,8-/m0/s1. The summed E-state index contributed by atoms with van der Waals surface area (Å²) in [5, 5.41) is 0. The minimum absolute atomic E-state index is 0.229. The van der Waals surface area contributed by atoms with Gasteiger partial charge in [-0.3, -0.25) is 9.78 Å². The van der Waals surface area contributed by atoms with Crippen molar-refractivity contribution in [1.29, 1.82) is 0 Å². The van der Waals surface area contributed by atoms with Crippen molar-refractivity contribution in [2.75, 3.05) is 0 Å². The molecule has 0 aliphatic heterocycles. The van der Waals surface area contributed by atoms with E-state index in [0.29, 0.717) is 5.69 Å². The van der Waals surface area contributed by atoms with Gasteiger partial charge in [0.05, 0.1) is 0 Å². The quantitative estimate of drug-likeness (QED) is 0.642. The highest BCUT2D eigenvalue weighted by atomic mass is 16.2. The van der Waals surface area contributed by atoms with Crippen LogP contribution in [0.25, 0.3) is 0 Å². The zero-order valence-corrected chi connectivity index (χ0v) is 8.33. The molecule has 0 unspecified atom stereocenters. The van der Waals surface area contributed by atoms with Gasteiger partial charge in [-0.1, -0.05) is 20.3 Å². The summed E-state index contributed by atoms with van der Waals surface area (Å²) in [7, 11) is 0. The van der Waals surface area contributed by atoms with E-state index in [0.717, 1.165) is 6.42 Å². The Kier molecular flexibility index (Phi) is 3.24. The lowest BCUT2D eigenvalue weighted by atomic mass is 9.97. The molecule has 0 saturated heterocycles. The fraction of sp³-hybridized carbons (Fsp3) is 0.556. The third kappa shape index (κ3) is 2.32. The maximum Gasteiger partial charge on any atom is 0.325 e. The number of aromatic nitrogens is 2. The lowest BCUT2D eigenvalue weighted by Crippen LogP contribution is -2.28. The summed E-state index contributed by atoms with van der Waals surface area (Å²) in [6, 6.07) is 1.04. The van der Waals surface area contributed by atoms with E-state index < -0.39 is 11.2 Å². The molecule has 0 bridgehead atoms. The zero-order valence-electron chi connectivity index (χ0n) is 8.33. The molecule has 5 heteroatoms. The van der Waals surface area contributed by atoms with Crippen molar-refractivity contribution in [2.24, 2.45) is 11.7 Å². The third-order valence-electron chi connectivity index (χ3n) is 2.40. The second-order valence-electron chi connectivity index (χ2n) is 3.45. The van der Waals surface area contributed by atoms with Crippen molar-refractivity contribution < 1.29 is 0 Å². The molecule has 5 nitrogen and oxygen atoms in total. The van der Waals surface area contributed by atoms with Gasteiger partial charge >= 0.3 is 5.69 Å². The molecule has 0 radical (unpaired) electrons. The molecule has 0 amide bonds. The maximum absolute atomic E-state index is 11.0. The summed E-state index contributed by atoms with van der Waals surface area (Å²) in [4.78, 5) is 26.6. The lowest BCUT2D eigenvalue weighted by Gasteiger charge is -2.17. The molecule has 1 aromatic rings. The molecule has 0 fully saturated rings. The van der Waals surface area contributed by atoms with E-state index in [4.69, 9.17) is 5.73 Å². The highest BCUT2D eigenvalue weighted by Crippen LogP contribution is 2.17. The van der Waals surface area contributed by atoms with Crippen molar-refractivity contribution in [1.82, 2.24) is 9.97 Å². The minimum Gasteiger partial charge on any atom is -0.323 e. The van der Waals surface area contributed by atoms with Crippen LogP contribution in [0.4, 0.5) is 0 Å². The van der Waals surface area contributed by atoms with Crippen LogP contribution in [0.1, 0.15) is 32.0 Å². The van der Waals surface area contributed by atoms with E-state index in [2.05, 4.69) is 9.97 Å². The molecule has 2 atom stereocenters. The van der Waals surface area contributed by atoms with Crippen molar-refractivity contribution in [3.8, 4) is 0 Å². The van der Waals surface area contributed by atoms with Crippen molar-refractivity contribution in [2.45, 2.75) is 26.3 Å². The molecule has 1 aromatic heterocycles. The van der Waals surface area contributed by atoms with Crippen LogP contribution in [0.15, 0.2) is 15.7 Å². The maximum atomic E-state index is 11.0. The largest absolute Gasteiger partial charge is 0.325 e. The van der Waals surface area contributed by atoms with E-state index in [9.17, 15) is 9.59 Å². The molecular formula is C9H15N3O2. The van der Waals surface area contributed by atoms with Gasteiger partial charge < -0.3 is 10.7 Å². The van der Waals surface area contributed by atoms with Gasteiger partial charge in [0.15, 0.2) is 0 Å². The van der Waals surface area contributed by atoms with Gasteiger partial charge in [0.2, 0.25) is 0 Å². The molecule has 14 heavy (non-hydrogen) atoms. The van der Waals surface area contributed by atoms with E-state index >= 15 is 0 Å². The minimum atomic E-state index is -0.508. The first-order valence-corrected chi connectivity index (χ1v) is 4.63. The molecule has 0 aliphatic carbocycles. The Bertz CT molecular complexity index is 379. The Morgan fingerprint density at radius 2 is 2.07 bits per heavy atom. The predicted octanol–water partition coefficient (Wildman–Crippen LogP) is 0.109. The van der Waals surface area contributed by atoms with Crippen LogP contribution in [0.2, 0.25) is 0 Å². The molecule has 1 rings (SSSR count). The monoisotopic (exact) mass is 197 g/mol. The first-order chi connectivity index (χ1) is 6.54. The molecule has 0 aromatic carbocycles. The normalized spacial score (nSPS) is 15.1. The van der Waals surface area contributed by atoms with Crippen LogP contribution in [-0.4, -0.2) is 9.97 Å². The molecule has 0 aliphatic rings. The summed E-state index contributed by atoms with van der Waals surface area (Å²) >= 11 is 0. The SMILES string of the molecule is CC[C@H](C)[C@H](N)c1cc(=O)[nH]c(=O)[nH]1. The van der Waals surface area contributed by atoms with Gasteiger partial charge in [-0.2, -0.15) is 0 Å². The Morgan fingerprint density at radius 3 is 2.57 bits per heavy atom. The van der Waals surface area contributed by atoms with E-state index in [1.165, 1.54) is 6.07 Å². The van der Waals surface area contributed by atoms with E-state index in [1.807, 2.05) is 13.8 Å². The van der Waals surface area contributed by atoms with Gasteiger partial charge in [-0.05, 0) is 5.92 Å². The molecular weight excluding hydrogens is 182 g/mol. The Balaban J connectivity index is 3.07. The van der Waals surface area contributed by atoms with Gasteiger partial charge in [-0.15, -0.1) is 0 Å². The Morgan fingerprint density at radius 1 is 1.43 bits per heavy atom.